The fourth-order valence-electron chi connectivity index (χ4n) is 3.25. The van der Waals surface area contributed by atoms with E-state index in [1.807, 2.05) is 17.0 Å². The van der Waals surface area contributed by atoms with Gasteiger partial charge in [-0.25, -0.2) is 13.2 Å². The number of hydrogen-bond donors (Lipinski definition) is 3. The summed E-state index contributed by atoms with van der Waals surface area (Å²) < 4.78 is 40.0. The molecule has 1 fully saturated rings. The number of halogens is 3. The zero-order valence-electron chi connectivity index (χ0n) is 14.8. The lowest BCUT2D eigenvalue weighted by molar-refractivity contribution is -0.914. The summed E-state index contributed by atoms with van der Waals surface area (Å²) in [6, 6.07) is 8.35. The number of phenols is 1. The van der Waals surface area contributed by atoms with E-state index < -0.39 is 29.4 Å². The zero-order chi connectivity index (χ0) is 19.6. The van der Waals surface area contributed by atoms with Gasteiger partial charge < -0.3 is 20.2 Å². The average Bonchev–Trinajstić information content (AvgIpc) is 2.68. The van der Waals surface area contributed by atoms with Crippen molar-refractivity contribution in [3.63, 3.8) is 0 Å². The molecule has 2 aromatic rings. The standard InChI is InChI=1S/C19H20F3N3O2/c1-12(19(27)23-14-7-6-13(20)17(21)18(14)22)24-8-10-25(11-9-24)15-4-2-3-5-16(15)26/h2-7,12,26H,8-11H2,1H3,(H,23,27)/p+1/t12-/m0/s1. The highest BCUT2D eigenvalue weighted by Gasteiger charge is 2.30. The number of hydrogen-bond acceptors (Lipinski definition) is 3. The molecule has 0 saturated carbocycles. The maximum Gasteiger partial charge on any atom is 0.282 e. The fraction of sp³-hybridized carbons (Fsp3) is 0.316. The van der Waals surface area contributed by atoms with Gasteiger partial charge in [0.1, 0.15) is 5.75 Å². The van der Waals surface area contributed by atoms with Crippen LogP contribution in [0.4, 0.5) is 24.5 Å². The number of anilines is 2. The molecule has 5 nitrogen and oxygen atoms in total. The van der Waals surface area contributed by atoms with Crippen molar-refractivity contribution in [2.75, 3.05) is 36.4 Å². The van der Waals surface area contributed by atoms with Crippen LogP contribution in [0.1, 0.15) is 6.92 Å². The first-order valence-electron chi connectivity index (χ1n) is 8.70. The Kier molecular flexibility index (Phi) is 5.55. The number of amides is 1. The number of para-hydroxylation sites is 2. The molecule has 1 aliphatic rings. The largest absolute Gasteiger partial charge is 0.506 e. The summed E-state index contributed by atoms with van der Waals surface area (Å²) in [5, 5.41) is 12.3. The van der Waals surface area contributed by atoms with Gasteiger partial charge in [0.05, 0.1) is 37.6 Å². The van der Waals surface area contributed by atoms with E-state index in [0.29, 0.717) is 26.2 Å². The molecule has 1 heterocycles. The summed E-state index contributed by atoms with van der Waals surface area (Å²) in [4.78, 5) is 15.4. The Morgan fingerprint density at radius 1 is 1.11 bits per heavy atom. The zero-order valence-corrected chi connectivity index (χ0v) is 14.8. The van der Waals surface area contributed by atoms with Gasteiger partial charge in [-0.2, -0.15) is 0 Å². The predicted octanol–water partition coefficient (Wildman–Crippen LogP) is 1.54. The molecule has 0 spiro atoms. The van der Waals surface area contributed by atoms with Crippen LogP contribution in [0.2, 0.25) is 0 Å². The molecule has 0 radical (unpaired) electrons. The highest BCUT2D eigenvalue weighted by molar-refractivity contribution is 5.93. The van der Waals surface area contributed by atoms with Crippen molar-refractivity contribution in [3.8, 4) is 5.75 Å². The van der Waals surface area contributed by atoms with Crippen LogP contribution in [-0.4, -0.2) is 43.2 Å². The summed E-state index contributed by atoms with van der Waals surface area (Å²) in [5.74, 6) is -4.57. The minimum absolute atomic E-state index is 0.209. The van der Waals surface area contributed by atoms with Gasteiger partial charge in [0.15, 0.2) is 23.5 Å². The van der Waals surface area contributed by atoms with Gasteiger partial charge in [-0.1, -0.05) is 12.1 Å². The third kappa shape index (κ3) is 4.00. The summed E-state index contributed by atoms with van der Waals surface area (Å²) in [6.07, 6.45) is 0. The molecule has 0 bridgehead atoms. The molecule has 0 unspecified atom stereocenters. The van der Waals surface area contributed by atoms with Crippen molar-refractivity contribution in [3.05, 3.63) is 53.8 Å². The van der Waals surface area contributed by atoms with Crippen molar-refractivity contribution in [1.82, 2.24) is 0 Å². The van der Waals surface area contributed by atoms with E-state index in [9.17, 15) is 23.1 Å². The van der Waals surface area contributed by atoms with Crippen molar-refractivity contribution in [2.24, 2.45) is 0 Å². The lowest BCUT2D eigenvalue weighted by atomic mass is 10.2. The number of nitrogens with one attached hydrogen (secondary N) is 2. The normalized spacial score (nSPS) is 16.2. The molecule has 27 heavy (non-hydrogen) atoms. The van der Waals surface area contributed by atoms with Crippen LogP contribution in [0, 0.1) is 17.5 Å². The first-order chi connectivity index (χ1) is 12.9. The van der Waals surface area contributed by atoms with Gasteiger partial charge in [0, 0.05) is 0 Å². The second-order valence-corrected chi connectivity index (χ2v) is 6.57. The Morgan fingerprint density at radius 3 is 2.44 bits per heavy atom. The molecule has 1 atom stereocenters. The first kappa shape index (κ1) is 19.0. The number of benzene rings is 2. The van der Waals surface area contributed by atoms with Crippen molar-refractivity contribution >= 4 is 17.3 Å². The highest BCUT2D eigenvalue weighted by atomic mass is 19.2. The summed E-state index contributed by atoms with van der Waals surface area (Å²) in [6.45, 7) is 4.28. The number of carbonyl (C=O) groups excluding carboxylic acids is 1. The van der Waals surface area contributed by atoms with Crippen molar-refractivity contribution in [1.29, 1.82) is 0 Å². The summed E-state index contributed by atoms with van der Waals surface area (Å²) in [5.41, 5.74) is 0.371. The van der Waals surface area contributed by atoms with E-state index in [0.717, 1.165) is 22.7 Å². The first-order valence-corrected chi connectivity index (χ1v) is 8.70. The average molecular weight is 380 g/mol. The van der Waals surface area contributed by atoms with Crippen LogP contribution < -0.4 is 15.1 Å². The monoisotopic (exact) mass is 380 g/mol. The molecule has 1 saturated heterocycles. The molecule has 3 rings (SSSR count). The van der Waals surface area contributed by atoms with Gasteiger partial charge in [0.25, 0.3) is 5.91 Å². The lowest BCUT2D eigenvalue weighted by Gasteiger charge is -2.36. The van der Waals surface area contributed by atoms with Gasteiger partial charge in [-0.05, 0) is 31.2 Å². The summed E-state index contributed by atoms with van der Waals surface area (Å²) >= 11 is 0. The van der Waals surface area contributed by atoms with E-state index >= 15 is 0 Å². The highest BCUT2D eigenvalue weighted by Crippen LogP contribution is 2.26. The van der Waals surface area contributed by atoms with E-state index in [4.69, 9.17) is 0 Å². The molecule has 144 valence electrons. The third-order valence-electron chi connectivity index (χ3n) is 4.93. The van der Waals surface area contributed by atoms with Crippen LogP contribution in [0.3, 0.4) is 0 Å². The van der Waals surface area contributed by atoms with E-state index in [-0.39, 0.29) is 11.4 Å². The minimum atomic E-state index is -1.61. The number of nitrogens with zero attached hydrogens (tertiary/aromatic N) is 1. The van der Waals surface area contributed by atoms with E-state index in [1.54, 1.807) is 19.1 Å². The van der Waals surface area contributed by atoms with Crippen LogP contribution in [0.15, 0.2) is 36.4 Å². The molecule has 8 heteroatoms. The Bertz CT molecular complexity index is 839. The number of aromatic hydroxyl groups is 1. The van der Waals surface area contributed by atoms with Crippen LogP contribution in [-0.2, 0) is 4.79 Å². The maximum absolute atomic E-state index is 13.7. The SMILES string of the molecule is C[C@@H](C(=O)Nc1ccc(F)c(F)c1F)[NH+]1CCN(c2ccccc2O)CC1. The predicted molar refractivity (Wildman–Crippen MR) is 95.4 cm³/mol. The molecular weight excluding hydrogens is 359 g/mol. The van der Waals surface area contributed by atoms with Gasteiger partial charge in [-0.15, -0.1) is 0 Å². The summed E-state index contributed by atoms with van der Waals surface area (Å²) in [7, 11) is 0. The molecule has 1 aliphatic heterocycles. The third-order valence-corrected chi connectivity index (χ3v) is 4.93. The minimum Gasteiger partial charge on any atom is -0.506 e. The van der Waals surface area contributed by atoms with E-state index in [2.05, 4.69) is 5.32 Å². The number of piperazine rings is 1. The number of phenolic OH excluding ortho intramolecular Hbond substituents is 1. The number of carbonyl (C=O) groups is 1. The van der Waals surface area contributed by atoms with Gasteiger partial charge >= 0.3 is 0 Å². The van der Waals surface area contributed by atoms with Crippen LogP contribution >= 0.6 is 0 Å². The van der Waals surface area contributed by atoms with E-state index in [1.165, 1.54) is 0 Å². The topological polar surface area (TPSA) is 57.0 Å². The maximum atomic E-state index is 13.7. The lowest BCUT2D eigenvalue weighted by Crippen LogP contribution is -3.19. The molecule has 2 aromatic carbocycles. The molecule has 1 amide bonds. The molecule has 0 aromatic heterocycles. The van der Waals surface area contributed by atoms with Crippen LogP contribution in [0.25, 0.3) is 0 Å². The van der Waals surface area contributed by atoms with Crippen LogP contribution in [0.5, 0.6) is 5.75 Å². The second-order valence-electron chi connectivity index (χ2n) is 6.57. The van der Waals surface area contributed by atoms with Gasteiger partial charge in [0.2, 0.25) is 0 Å². The Hall–Kier alpha value is -2.74. The Labute approximate surface area is 155 Å². The smallest absolute Gasteiger partial charge is 0.282 e. The Balaban J connectivity index is 1.61. The van der Waals surface area contributed by atoms with Crippen molar-refractivity contribution in [2.45, 2.75) is 13.0 Å². The molecule has 0 aliphatic carbocycles. The Morgan fingerprint density at radius 2 is 1.78 bits per heavy atom. The second kappa shape index (κ2) is 7.87. The molecule has 3 N–H and O–H groups in total. The molecular formula is C19H21F3N3O2+. The fourth-order valence-corrected chi connectivity index (χ4v) is 3.25. The number of quaternary nitrogens is 1. The van der Waals surface area contributed by atoms with Gasteiger partial charge in [-0.3, -0.25) is 4.79 Å². The van der Waals surface area contributed by atoms with Crippen molar-refractivity contribution < 1.29 is 28.0 Å². The number of rotatable bonds is 4. The quantitative estimate of drug-likeness (QED) is 0.706.